The first-order valence-electron chi connectivity index (χ1n) is 12.2. The normalized spacial score (nSPS) is 17.4. The van der Waals surface area contributed by atoms with E-state index in [0.717, 1.165) is 17.8 Å². The van der Waals surface area contributed by atoms with E-state index < -0.39 is 0 Å². The van der Waals surface area contributed by atoms with E-state index in [9.17, 15) is 9.59 Å². The second kappa shape index (κ2) is 10.5. The number of hydrogen-bond donors (Lipinski definition) is 0. The van der Waals surface area contributed by atoms with Gasteiger partial charge < -0.3 is 14.4 Å². The summed E-state index contributed by atoms with van der Waals surface area (Å²) >= 11 is 0. The van der Waals surface area contributed by atoms with Crippen LogP contribution < -0.4 is 15.0 Å². The van der Waals surface area contributed by atoms with Crippen LogP contribution >= 0.6 is 0 Å². The van der Waals surface area contributed by atoms with E-state index in [1.807, 2.05) is 36.1 Å². The highest BCUT2D eigenvalue weighted by Gasteiger charge is 2.33. The second-order valence-corrected chi connectivity index (χ2v) is 8.90. The monoisotopic (exact) mass is 478 g/mol. The largest absolute Gasteiger partial charge is 0.497 e. The predicted octanol–water partition coefficient (Wildman–Crippen LogP) is 3.73. The lowest BCUT2D eigenvalue weighted by Gasteiger charge is -2.43. The Morgan fingerprint density at radius 2 is 1.77 bits per heavy atom. The standard InChI is InChI=1S/C27H34N4O4/c1-6-24(25-28-23-11-9-8-10-22(23)27(33)30(25)7-2)29-12-13-31(18(3)17-29)26(32)19-14-20(34-4)16-21(15-19)35-5/h8-11,14-16,18,24H,6-7,12-13,17H2,1-5H3. The molecule has 1 fully saturated rings. The first-order chi connectivity index (χ1) is 16.9. The zero-order valence-corrected chi connectivity index (χ0v) is 21.2. The third-order valence-electron chi connectivity index (χ3n) is 6.85. The number of ether oxygens (including phenoxy) is 2. The van der Waals surface area contributed by atoms with Crippen molar-refractivity contribution in [3.63, 3.8) is 0 Å². The van der Waals surface area contributed by atoms with Crippen LogP contribution in [0.3, 0.4) is 0 Å². The van der Waals surface area contributed by atoms with Crippen LogP contribution in [-0.2, 0) is 6.54 Å². The van der Waals surface area contributed by atoms with Crippen molar-refractivity contribution in [2.45, 2.75) is 45.8 Å². The van der Waals surface area contributed by atoms with Crippen molar-refractivity contribution in [2.24, 2.45) is 0 Å². The van der Waals surface area contributed by atoms with Gasteiger partial charge in [0.1, 0.15) is 17.3 Å². The Bertz CT molecular complexity index is 1250. The molecule has 8 heteroatoms. The molecule has 0 N–H and O–H groups in total. The van der Waals surface area contributed by atoms with Gasteiger partial charge in [-0.05, 0) is 44.5 Å². The first kappa shape index (κ1) is 24.7. The fraction of sp³-hybridized carbons (Fsp3) is 0.444. The van der Waals surface area contributed by atoms with Gasteiger partial charge in [-0.1, -0.05) is 19.1 Å². The molecule has 2 unspecified atom stereocenters. The maximum Gasteiger partial charge on any atom is 0.261 e. The van der Waals surface area contributed by atoms with Crippen LogP contribution in [0.5, 0.6) is 11.5 Å². The number of methoxy groups -OCH3 is 2. The molecule has 0 radical (unpaired) electrons. The van der Waals surface area contributed by atoms with E-state index in [1.54, 1.807) is 37.0 Å². The van der Waals surface area contributed by atoms with Crippen molar-refractivity contribution in [2.75, 3.05) is 33.9 Å². The molecule has 0 saturated carbocycles. The molecule has 0 aliphatic carbocycles. The highest BCUT2D eigenvalue weighted by Crippen LogP contribution is 2.28. The molecule has 1 aromatic heterocycles. The number of benzene rings is 2. The molecule has 35 heavy (non-hydrogen) atoms. The number of amides is 1. The minimum atomic E-state index is -0.0447. The smallest absolute Gasteiger partial charge is 0.261 e. The van der Waals surface area contributed by atoms with Gasteiger partial charge in [0.05, 0.1) is 31.2 Å². The van der Waals surface area contributed by atoms with Gasteiger partial charge in [0.15, 0.2) is 0 Å². The molecule has 186 valence electrons. The average molecular weight is 479 g/mol. The Kier molecular flexibility index (Phi) is 7.40. The van der Waals surface area contributed by atoms with Crippen molar-refractivity contribution in [3.05, 3.63) is 64.2 Å². The lowest BCUT2D eigenvalue weighted by atomic mass is 10.1. The van der Waals surface area contributed by atoms with Crippen molar-refractivity contribution < 1.29 is 14.3 Å². The maximum atomic E-state index is 13.4. The van der Waals surface area contributed by atoms with E-state index in [2.05, 4.69) is 18.7 Å². The summed E-state index contributed by atoms with van der Waals surface area (Å²) in [5.74, 6) is 1.93. The summed E-state index contributed by atoms with van der Waals surface area (Å²) in [4.78, 5) is 35.8. The molecule has 4 rings (SSSR count). The van der Waals surface area contributed by atoms with Crippen LogP contribution in [0.25, 0.3) is 10.9 Å². The minimum absolute atomic E-state index is 0.000356. The second-order valence-electron chi connectivity index (χ2n) is 8.90. The summed E-state index contributed by atoms with van der Waals surface area (Å²) in [7, 11) is 3.15. The van der Waals surface area contributed by atoms with Crippen molar-refractivity contribution in [3.8, 4) is 11.5 Å². The van der Waals surface area contributed by atoms with Gasteiger partial charge in [-0.2, -0.15) is 0 Å². The SMILES string of the molecule is CCC(c1nc2ccccc2c(=O)n1CC)N1CCN(C(=O)c2cc(OC)cc(OC)c2)C(C)C1. The molecule has 8 nitrogen and oxygen atoms in total. The number of hydrogen-bond acceptors (Lipinski definition) is 6. The summed E-state index contributed by atoms with van der Waals surface area (Å²) in [5, 5.41) is 0.644. The van der Waals surface area contributed by atoms with Crippen molar-refractivity contribution in [1.82, 2.24) is 19.4 Å². The molecule has 2 heterocycles. The Hall–Kier alpha value is -3.39. The van der Waals surface area contributed by atoms with Crippen LogP contribution in [0.15, 0.2) is 47.3 Å². The number of carbonyl (C=O) groups excluding carboxylic acids is 1. The maximum absolute atomic E-state index is 13.4. The first-order valence-corrected chi connectivity index (χ1v) is 12.2. The highest BCUT2D eigenvalue weighted by atomic mass is 16.5. The number of carbonyl (C=O) groups is 1. The number of aromatic nitrogens is 2. The van der Waals surface area contributed by atoms with Gasteiger partial charge in [0, 0.05) is 43.9 Å². The van der Waals surface area contributed by atoms with Crippen LogP contribution in [-0.4, -0.2) is 65.2 Å². The van der Waals surface area contributed by atoms with Gasteiger partial charge in [-0.3, -0.25) is 19.1 Å². The topological polar surface area (TPSA) is 76.9 Å². The molecule has 1 amide bonds. The number of para-hydroxylation sites is 1. The molecule has 1 saturated heterocycles. The minimum Gasteiger partial charge on any atom is -0.497 e. The van der Waals surface area contributed by atoms with E-state index in [-0.39, 0.29) is 23.6 Å². The van der Waals surface area contributed by atoms with E-state index in [1.165, 1.54) is 0 Å². The quantitative estimate of drug-likeness (QED) is 0.515. The van der Waals surface area contributed by atoms with Crippen LogP contribution in [0.4, 0.5) is 0 Å². The van der Waals surface area contributed by atoms with E-state index in [0.29, 0.717) is 48.6 Å². The van der Waals surface area contributed by atoms with Gasteiger partial charge in [-0.25, -0.2) is 4.98 Å². The van der Waals surface area contributed by atoms with Crippen molar-refractivity contribution >= 4 is 16.8 Å². The van der Waals surface area contributed by atoms with Gasteiger partial charge >= 0.3 is 0 Å². The molecular formula is C27H34N4O4. The zero-order chi connectivity index (χ0) is 25.1. The van der Waals surface area contributed by atoms with Gasteiger partial charge in [0.2, 0.25) is 0 Å². The fourth-order valence-corrected chi connectivity index (χ4v) is 5.02. The molecule has 0 spiro atoms. The van der Waals surface area contributed by atoms with Crippen molar-refractivity contribution in [1.29, 1.82) is 0 Å². The summed E-state index contributed by atoms with van der Waals surface area (Å²) in [6, 6.07) is 12.8. The third-order valence-corrected chi connectivity index (χ3v) is 6.85. The number of piperazine rings is 1. The molecule has 2 atom stereocenters. The van der Waals surface area contributed by atoms with E-state index >= 15 is 0 Å². The lowest BCUT2D eigenvalue weighted by molar-refractivity contribution is 0.0360. The molecule has 1 aliphatic heterocycles. The Labute approximate surface area is 206 Å². The highest BCUT2D eigenvalue weighted by molar-refractivity contribution is 5.95. The summed E-state index contributed by atoms with van der Waals surface area (Å²) < 4.78 is 12.5. The fourth-order valence-electron chi connectivity index (χ4n) is 5.02. The Morgan fingerprint density at radius 1 is 1.09 bits per heavy atom. The molecular weight excluding hydrogens is 444 g/mol. The summed E-state index contributed by atoms with van der Waals surface area (Å²) in [5.41, 5.74) is 1.27. The van der Waals surface area contributed by atoms with Crippen LogP contribution in [0.2, 0.25) is 0 Å². The molecule has 3 aromatic rings. The number of rotatable bonds is 7. The predicted molar refractivity (Wildman–Crippen MR) is 136 cm³/mol. The van der Waals surface area contributed by atoms with Crippen LogP contribution in [0, 0.1) is 0 Å². The molecule has 1 aliphatic rings. The number of fused-ring (bicyclic) bond motifs is 1. The van der Waals surface area contributed by atoms with Crippen LogP contribution in [0.1, 0.15) is 49.4 Å². The number of nitrogens with zero attached hydrogens (tertiary/aromatic N) is 4. The zero-order valence-electron chi connectivity index (χ0n) is 21.2. The summed E-state index contributed by atoms with van der Waals surface area (Å²) in [6.45, 7) is 8.70. The lowest BCUT2D eigenvalue weighted by Crippen LogP contribution is -2.55. The van der Waals surface area contributed by atoms with Gasteiger partial charge in [-0.15, -0.1) is 0 Å². The van der Waals surface area contributed by atoms with E-state index in [4.69, 9.17) is 14.5 Å². The molecule has 2 aromatic carbocycles. The summed E-state index contributed by atoms with van der Waals surface area (Å²) in [6.07, 6.45) is 0.818. The van der Waals surface area contributed by atoms with Gasteiger partial charge in [0.25, 0.3) is 11.5 Å². The Balaban J connectivity index is 1.59. The Morgan fingerprint density at radius 3 is 2.37 bits per heavy atom. The third kappa shape index (κ3) is 4.75. The average Bonchev–Trinajstić information content (AvgIpc) is 2.88. The molecule has 0 bridgehead atoms.